The molecule has 2 N–H and O–H groups in total. The summed E-state index contributed by atoms with van der Waals surface area (Å²) in [5.74, 6) is 1.91. The molecule has 1 fully saturated rings. The number of halogens is 3. The minimum atomic E-state index is -4.40. The van der Waals surface area contributed by atoms with Crippen molar-refractivity contribution in [3.63, 3.8) is 0 Å². The van der Waals surface area contributed by atoms with Crippen LogP contribution in [0.5, 0.6) is 0 Å². The Morgan fingerprint density at radius 1 is 1.09 bits per heavy atom. The first-order valence-corrected chi connectivity index (χ1v) is 11.1. The van der Waals surface area contributed by atoms with Crippen LogP contribution in [0.15, 0.2) is 46.4 Å². The Morgan fingerprint density at radius 2 is 1.82 bits per heavy atom. The van der Waals surface area contributed by atoms with Gasteiger partial charge < -0.3 is 5.73 Å². The monoisotopic (exact) mass is 467 g/mol. The number of aromatic nitrogens is 4. The molecule has 0 unspecified atom stereocenters. The topological polar surface area (TPSA) is 86.4 Å². The number of aliphatic imine (C=N–C) groups is 2. The minimum absolute atomic E-state index is 0.249. The minimum Gasteiger partial charge on any atom is -0.384 e. The van der Waals surface area contributed by atoms with E-state index < -0.39 is 11.7 Å². The van der Waals surface area contributed by atoms with Crippen molar-refractivity contribution in [2.75, 3.05) is 0 Å². The van der Waals surface area contributed by atoms with Crippen molar-refractivity contribution in [1.82, 2.24) is 19.6 Å². The van der Waals surface area contributed by atoms with E-state index in [4.69, 9.17) is 10.8 Å². The molecule has 1 saturated carbocycles. The van der Waals surface area contributed by atoms with E-state index >= 15 is 0 Å². The molecule has 0 radical (unpaired) electrons. The number of hydrogen-bond donors (Lipinski definition) is 1. The molecule has 7 nitrogen and oxygen atoms in total. The molecular weight excluding hydrogens is 443 g/mol. The fourth-order valence-corrected chi connectivity index (χ4v) is 4.06. The molecule has 0 bridgehead atoms. The summed E-state index contributed by atoms with van der Waals surface area (Å²) < 4.78 is 42.7. The van der Waals surface area contributed by atoms with Gasteiger partial charge in [-0.2, -0.15) is 23.4 Å². The summed E-state index contributed by atoms with van der Waals surface area (Å²) in [6.45, 7) is 4.52. The van der Waals surface area contributed by atoms with Gasteiger partial charge in [0.25, 0.3) is 0 Å². The summed E-state index contributed by atoms with van der Waals surface area (Å²) >= 11 is 0. The Balaban J connectivity index is 1.59. The molecule has 3 heterocycles. The molecule has 5 rings (SSSR count). The lowest BCUT2D eigenvalue weighted by molar-refractivity contribution is -0.137. The maximum Gasteiger partial charge on any atom is 0.416 e. The predicted octanol–water partition coefficient (Wildman–Crippen LogP) is 4.91. The highest BCUT2D eigenvalue weighted by atomic mass is 19.4. The number of fused-ring (bicyclic) bond motifs is 1. The first-order chi connectivity index (χ1) is 16.2. The van der Waals surface area contributed by atoms with E-state index in [1.807, 2.05) is 24.6 Å². The zero-order valence-corrected chi connectivity index (χ0v) is 18.8. The molecule has 10 heteroatoms. The number of rotatable bonds is 4. The summed E-state index contributed by atoms with van der Waals surface area (Å²) in [5, 5.41) is 9.23. The van der Waals surface area contributed by atoms with Gasteiger partial charge in [-0.05, 0) is 50.8 Å². The molecule has 1 aromatic carbocycles. The molecular formula is C24H24F3N7. The van der Waals surface area contributed by atoms with Gasteiger partial charge >= 0.3 is 6.18 Å². The molecule has 2 aliphatic rings. The average Bonchev–Trinajstić information content (AvgIpc) is 3.42. The van der Waals surface area contributed by atoms with Crippen molar-refractivity contribution >= 4 is 23.7 Å². The lowest BCUT2D eigenvalue weighted by atomic mass is 10.0. The van der Waals surface area contributed by atoms with E-state index in [1.165, 1.54) is 12.1 Å². The van der Waals surface area contributed by atoms with E-state index in [-0.39, 0.29) is 5.84 Å². The zero-order chi connectivity index (χ0) is 24.0. The molecule has 176 valence electrons. The maximum atomic E-state index is 13.1. The first-order valence-electron chi connectivity index (χ1n) is 11.1. The van der Waals surface area contributed by atoms with E-state index in [0.717, 1.165) is 41.9 Å². The Bertz CT molecular complexity index is 1320. The Kier molecular flexibility index (Phi) is 5.38. The third-order valence-corrected chi connectivity index (χ3v) is 5.89. The van der Waals surface area contributed by atoms with Gasteiger partial charge in [-0.1, -0.05) is 12.1 Å². The Morgan fingerprint density at radius 3 is 2.44 bits per heavy atom. The van der Waals surface area contributed by atoms with Gasteiger partial charge in [0.15, 0.2) is 11.6 Å². The van der Waals surface area contributed by atoms with Crippen LogP contribution in [-0.2, 0) is 19.1 Å². The van der Waals surface area contributed by atoms with Crippen molar-refractivity contribution in [2.24, 2.45) is 21.6 Å². The lowest BCUT2D eigenvalue weighted by Crippen LogP contribution is -2.12. The summed E-state index contributed by atoms with van der Waals surface area (Å²) in [6, 6.07) is 6.99. The predicted molar refractivity (Wildman–Crippen MR) is 125 cm³/mol. The van der Waals surface area contributed by atoms with Crippen LogP contribution in [0.2, 0.25) is 0 Å². The summed E-state index contributed by atoms with van der Waals surface area (Å²) in [6.07, 6.45) is 1.64. The van der Waals surface area contributed by atoms with E-state index in [1.54, 1.807) is 17.0 Å². The van der Waals surface area contributed by atoms with Crippen molar-refractivity contribution in [2.45, 2.75) is 45.8 Å². The number of aryl methyl sites for hydroxylation is 2. The van der Waals surface area contributed by atoms with Crippen molar-refractivity contribution in [3.05, 3.63) is 58.9 Å². The normalized spacial score (nSPS) is 16.4. The average molecular weight is 467 g/mol. The quantitative estimate of drug-likeness (QED) is 0.592. The molecule has 0 saturated heterocycles. The maximum absolute atomic E-state index is 13.1. The molecule has 0 amide bonds. The number of nitrogens with zero attached hydrogens (tertiary/aromatic N) is 6. The molecule has 3 aromatic rings. The highest BCUT2D eigenvalue weighted by Gasteiger charge is 2.31. The van der Waals surface area contributed by atoms with Crippen LogP contribution in [0.3, 0.4) is 0 Å². The van der Waals surface area contributed by atoms with Gasteiger partial charge in [0.2, 0.25) is 0 Å². The first kappa shape index (κ1) is 22.1. The lowest BCUT2D eigenvalue weighted by Gasteiger charge is -2.07. The van der Waals surface area contributed by atoms with Gasteiger partial charge in [0.05, 0.1) is 17.0 Å². The number of benzene rings is 1. The van der Waals surface area contributed by atoms with E-state index in [2.05, 4.69) is 15.1 Å². The Labute approximate surface area is 194 Å². The molecule has 34 heavy (non-hydrogen) atoms. The van der Waals surface area contributed by atoms with E-state index in [9.17, 15) is 13.2 Å². The summed E-state index contributed by atoms with van der Waals surface area (Å²) in [5.41, 5.74) is 9.32. The number of amidine groups is 1. The Hall–Kier alpha value is -3.69. The zero-order valence-electron chi connectivity index (χ0n) is 18.8. The van der Waals surface area contributed by atoms with Gasteiger partial charge in [-0.15, -0.1) is 0 Å². The molecule has 0 atom stereocenters. The molecule has 2 aromatic heterocycles. The summed E-state index contributed by atoms with van der Waals surface area (Å²) in [4.78, 5) is 9.26. The smallest absolute Gasteiger partial charge is 0.384 e. The van der Waals surface area contributed by atoms with Crippen LogP contribution in [0.1, 0.15) is 35.4 Å². The standard InChI is InChI=1S/C24H24F3N7/c1-14-11-15(2)34(31-14)21-12-20(28)30-23-19(9-10-29-21)22(32-33(23)13-16-3-4-16)17-5-7-18(8-6-17)24(25,26)27/h5-8,10-12,16H,3-4,9,13H2,1-2H3,(H2,28,30). The van der Waals surface area contributed by atoms with Gasteiger partial charge in [-0.3, -0.25) is 0 Å². The van der Waals surface area contributed by atoms with Crippen LogP contribution in [0, 0.1) is 19.8 Å². The van der Waals surface area contributed by atoms with Crippen LogP contribution in [-0.4, -0.2) is 31.6 Å². The van der Waals surface area contributed by atoms with Crippen LogP contribution in [0.25, 0.3) is 17.1 Å². The molecule has 0 spiro atoms. The van der Waals surface area contributed by atoms with Crippen molar-refractivity contribution < 1.29 is 13.2 Å². The van der Waals surface area contributed by atoms with Gasteiger partial charge in [0, 0.05) is 42.1 Å². The second-order valence-electron chi connectivity index (χ2n) is 8.75. The van der Waals surface area contributed by atoms with Gasteiger partial charge in [0.1, 0.15) is 5.84 Å². The second kappa shape index (κ2) is 8.27. The third-order valence-electron chi connectivity index (χ3n) is 5.89. The molecule has 1 aliphatic heterocycles. The summed E-state index contributed by atoms with van der Waals surface area (Å²) in [7, 11) is 0. The third kappa shape index (κ3) is 4.40. The molecule has 1 aliphatic carbocycles. The number of hydrogen-bond acceptors (Lipinski definition) is 5. The fourth-order valence-electron chi connectivity index (χ4n) is 4.06. The van der Waals surface area contributed by atoms with Gasteiger partial charge in [-0.25, -0.2) is 19.3 Å². The largest absolute Gasteiger partial charge is 0.416 e. The highest BCUT2D eigenvalue weighted by Crippen LogP contribution is 2.37. The van der Waals surface area contributed by atoms with Crippen LogP contribution in [0.4, 0.5) is 19.0 Å². The van der Waals surface area contributed by atoms with Crippen LogP contribution < -0.4 is 5.73 Å². The fraction of sp³-hybridized carbons (Fsp3) is 0.333. The second-order valence-corrected chi connectivity index (χ2v) is 8.75. The van der Waals surface area contributed by atoms with Crippen molar-refractivity contribution in [1.29, 1.82) is 0 Å². The highest BCUT2D eigenvalue weighted by molar-refractivity contribution is 5.98. The van der Waals surface area contributed by atoms with E-state index in [0.29, 0.717) is 41.8 Å². The number of nitrogens with two attached hydrogens (primary N) is 1. The number of alkyl halides is 3. The van der Waals surface area contributed by atoms with Crippen molar-refractivity contribution in [3.8, 4) is 11.3 Å². The van der Waals surface area contributed by atoms with Crippen LogP contribution >= 0.6 is 0 Å². The SMILES string of the molecule is Cc1cc(C)n(C2=CC(N)=Nc3c(c(-c4ccc(C(F)(F)F)cc4)nn3CC3CC3)CC=N2)n1.